The van der Waals surface area contributed by atoms with E-state index in [-0.39, 0.29) is 5.91 Å². The lowest BCUT2D eigenvalue weighted by Crippen LogP contribution is -2.11. The molecule has 1 N–H and O–H groups in total. The molecule has 2 aromatic heterocycles. The van der Waals surface area contributed by atoms with Gasteiger partial charge in [-0.25, -0.2) is 0 Å². The molecule has 0 fully saturated rings. The number of nitrogens with zero attached hydrogens (tertiary/aromatic N) is 2. The summed E-state index contributed by atoms with van der Waals surface area (Å²) >= 11 is 2.98. The maximum absolute atomic E-state index is 12.9. The second kappa shape index (κ2) is 8.41. The smallest absolute Gasteiger partial charge is 0.293 e. The molecule has 1 amide bonds. The first-order chi connectivity index (χ1) is 15.5. The molecule has 0 aliphatic rings. The highest BCUT2D eigenvalue weighted by atomic mass is 32.2. The van der Waals surface area contributed by atoms with Gasteiger partial charge < -0.3 is 4.42 Å². The number of amides is 1. The average molecular weight is 460 g/mol. The van der Waals surface area contributed by atoms with Crippen molar-refractivity contribution in [2.75, 3.05) is 5.32 Å². The van der Waals surface area contributed by atoms with Crippen molar-refractivity contribution in [1.82, 2.24) is 10.2 Å². The van der Waals surface area contributed by atoms with Crippen molar-refractivity contribution in [1.29, 1.82) is 0 Å². The van der Waals surface area contributed by atoms with Crippen molar-refractivity contribution in [3.63, 3.8) is 0 Å². The molecule has 160 valence electrons. The van der Waals surface area contributed by atoms with Crippen molar-refractivity contribution in [3.8, 4) is 0 Å². The first-order valence-corrected chi connectivity index (χ1v) is 12.0. The first-order valence-electron chi connectivity index (χ1n) is 10.2. The molecule has 5 nitrogen and oxygen atoms in total. The summed E-state index contributed by atoms with van der Waals surface area (Å²) in [5, 5.41) is 15.1. The maximum atomic E-state index is 12.9. The van der Waals surface area contributed by atoms with E-state index in [4.69, 9.17) is 4.42 Å². The zero-order chi connectivity index (χ0) is 22.2. The van der Waals surface area contributed by atoms with Gasteiger partial charge in [-0.2, -0.15) is 0 Å². The first kappa shape index (κ1) is 20.7. The van der Waals surface area contributed by atoms with Crippen LogP contribution in [0.25, 0.3) is 21.7 Å². The highest BCUT2D eigenvalue weighted by Crippen LogP contribution is 2.33. The maximum Gasteiger partial charge on any atom is 0.293 e. The second-order valence-electron chi connectivity index (χ2n) is 7.69. The number of carbonyl (C=O) groups is 1. The van der Waals surface area contributed by atoms with E-state index in [1.165, 1.54) is 27.7 Å². The molecule has 0 unspecified atom stereocenters. The minimum Gasteiger partial charge on any atom is -0.450 e. The fourth-order valence-corrected chi connectivity index (χ4v) is 5.52. The van der Waals surface area contributed by atoms with Crippen LogP contribution in [0.4, 0.5) is 5.13 Å². The number of nitrogens with one attached hydrogen (secondary N) is 1. The number of fused-ring (bicyclic) bond motifs is 2. The molecule has 0 atom stereocenters. The molecule has 0 aliphatic carbocycles. The minimum atomic E-state index is -0.308. The van der Waals surface area contributed by atoms with Crippen molar-refractivity contribution in [2.24, 2.45) is 0 Å². The molecule has 0 saturated carbocycles. The Morgan fingerprint density at radius 3 is 2.66 bits per heavy atom. The van der Waals surface area contributed by atoms with Crippen LogP contribution in [-0.4, -0.2) is 16.1 Å². The lowest BCUT2D eigenvalue weighted by atomic mass is 10.0. The van der Waals surface area contributed by atoms with Gasteiger partial charge >= 0.3 is 0 Å². The van der Waals surface area contributed by atoms with E-state index in [0.717, 1.165) is 37.8 Å². The number of aromatic nitrogens is 2. The van der Waals surface area contributed by atoms with Gasteiger partial charge in [-0.05, 0) is 48.2 Å². The summed E-state index contributed by atoms with van der Waals surface area (Å²) in [6.07, 6.45) is 0. The van der Waals surface area contributed by atoms with Crippen molar-refractivity contribution >= 4 is 55.9 Å². The molecular formula is C25H21N3O2S2. The summed E-state index contributed by atoms with van der Waals surface area (Å²) in [5.41, 5.74) is 5.02. The van der Waals surface area contributed by atoms with E-state index in [2.05, 4.69) is 51.9 Å². The molecule has 7 heteroatoms. The number of thioether (sulfide) groups is 1. The molecular weight excluding hydrogens is 438 g/mol. The number of benzene rings is 3. The van der Waals surface area contributed by atoms with Crippen LogP contribution in [0.15, 0.2) is 63.4 Å². The summed E-state index contributed by atoms with van der Waals surface area (Å²) in [5.74, 6) is 0.789. The zero-order valence-corrected chi connectivity index (χ0v) is 19.6. The van der Waals surface area contributed by atoms with Gasteiger partial charge in [0.25, 0.3) is 5.91 Å². The predicted molar refractivity (Wildman–Crippen MR) is 132 cm³/mol. The van der Waals surface area contributed by atoms with E-state index in [9.17, 15) is 4.79 Å². The third-order valence-corrected chi connectivity index (χ3v) is 7.71. The third kappa shape index (κ3) is 3.78. The molecule has 0 bridgehead atoms. The van der Waals surface area contributed by atoms with E-state index < -0.39 is 0 Å². The monoisotopic (exact) mass is 459 g/mol. The number of aryl methyl sites for hydroxylation is 3. The lowest BCUT2D eigenvalue weighted by molar-refractivity contribution is 0.0998. The molecule has 5 rings (SSSR count). The molecule has 0 aliphatic heterocycles. The second-order valence-corrected chi connectivity index (χ2v) is 9.89. The quantitative estimate of drug-likeness (QED) is 0.228. The summed E-state index contributed by atoms with van der Waals surface area (Å²) in [4.78, 5) is 12.9. The van der Waals surface area contributed by atoms with Gasteiger partial charge in [0.05, 0.1) is 0 Å². The summed E-state index contributed by atoms with van der Waals surface area (Å²) in [7, 11) is 0. The van der Waals surface area contributed by atoms with E-state index >= 15 is 0 Å². The van der Waals surface area contributed by atoms with Gasteiger partial charge in [-0.1, -0.05) is 77.7 Å². The Morgan fingerprint density at radius 2 is 1.78 bits per heavy atom. The number of hydrogen-bond donors (Lipinski definition) is 1. The van der Waals surface area contributed by atoms with Crippen molar-refractivity contribution in [3.05, 3.63) is 82.6 Å². The van der Waals surface area contributed by atoms with E-state index in [1.54, 1.807) is 11.8 Å². The molecule has 0 saturated heterocycles. The Bertz CT molecular complexity index is 1460. The number of anilines is 1. The van der Waals surface area contributed by atoms with Crippen LogP contribution in [-0.2, 0) is 5.75 Å². The Labute approximate surface area is 193 Å². The minimum absolute atomic E-state index is 0.308. The SMILES string of the molecule is Cc1ccc2c(C)c(C(=O)Nc3nnc(SCc4cccc5ccccc45)s3)oc2c1C. The van der Waals surface area contributed by atoms with Crippen LogP contribution in [0, 0.1) is 20.8 Å². The average Bonchev–Trinajstić information content (AvgIpc) is 3.39. The van der Waals surface area contributed by atoms with Crippen LogP contribution in [0.1, 0.15) is 32.8 Å². The Kier molecular flexibility index (Phi) is 5.45. The molecule has 2 heterocycles. The van der Waals surface area contributed by atoms with Gasteiger partial charge in [-0.3, -0.25) is 10.1 Å². The van der Waals surface area contributed by atoms with Gasteiger partial charge in [0, 0.05) is 16.7 Å². The van der Waals surface area contributed by atoms with E-state index in [1.807, 2.05) is 39.0 Å². The van der Waals surface area contributed by atoms with Gasteiger partial charge in [0.1, 0.15) is 5.58 Å². The van der Waals surface area contributed by atoms with Gasteiger partial charge in [0.2, 0.25) is 5.13 Å². The van der Waals surface area contributed by atoms with Crippen molar-refractivity contribution < 1.29 is 9.21 Å². The molecule has 0 radical (unpaired) electrons. The number of hydrogen-bond acceptors (Lipinski definition) is 6. The van der Waals surface area contributed by atoms with Gasteiger partial charge in [-0.15, -0.1) is 10.2 Å². The molecule has 0 spiro atoms. The normalized spacial score (nSPS) is 11.3. The Hall–Kier alpha value is -3.16. The summed E-state index contributed by atoms with van der Waals surface area (Å²) < 4.78 is 6.74. The van der Waals surface area contributed by atoms with Crippen LogP contribution in [0.2, 0.25) is 0 Å². The van der Waals surface area contributed by atoms with Crippen LogP contribution in [0.5, 0.6) is 0 Å². The molecule has 3 aromatic carbocycles. The van der Waals surface area contributed by atoms with Crippen LogP contribution >= 0.6 is 23.1 Å². The van der Waals surface area contributed by atoms with Crippen LogP contribution < -0.4 is 5.32 Å². The topological polar surface area (TPSA) is 68.0 Å². The Balaban J connectivity index is 1.31. The van der Waals surface area contributed by atoms with Crippen LogP contribution in [0.3, 0.4) is 0 Å². The standard InChI is InChI=1S/C25H21N3O2S2/c1-14-11-12-19-16(3)22(30-21(19)15(14)2)23(29)26-24-27-28-25(32-24)31-13-18-9-6-8-17-7-4-5-10-20(17)18/h4-12H,13H2,1-3H3,(H,26,27,29). The van der Waals surface area contributed by atoms with Gasteiger partial charge in [0.15, 0.2) is 10.1 Å². The fourth-order valence-electron chi connectivity index (χ4n) is 3.76. The van der Waals surface area contributed by atoms with Crippen molar-refractivity contribution in [2.45, 2.75) is 30.9 Å². The summed E-state index contributed by atoms with van der Waals surface area (Å²) in [6.45, 7) is 5.94. The Morgan fingerprint density at radius 1 is 0.969 bits per heavy atom. The predicted octanol–water partition coefficient (Wildman–Crippen LogP) is 6.91. The third-order valence-electron chi connectivity index (χ3n) is 5.69. The fraction of sp³-hybridized carbons (Fsp3) is 0.160. The number of furan rings is 1. The highest BCUT2D eigenvalue weighted by molar-refractivity contribution is 8.00. The molecule has 5 aromatic rings. The zero-order valence-electron chi connectivity index (χ0n) is 17.9. The summed E-state index contributed by atoms with van der Waals surface area (Å²) in [6, 6.07) is 18.7. The molecule has 32 heavy (non-hydrogen) atoms. The number of rotatable bonds is 5. The largest absolute Gasteiger partial charge is 0.450 e. The number of carbonyl (C=O) groups excluding carboxylic acids is 1. The lowest BCUT2D eigenvalue weighted by Gasteiger charge is -2.04. The highest BCUT2D eigenvalue weighted by Gasteiger charge is 2.20. The van der Waals surface area contributed by atoms with E-state index in [0.29, 0.717) is 10.9 Å².